The van der Waals surface area contributed by atoms with Crippen molar-refractivity contribution in [1.82, 2.24) is 0 Å². The van der Waals surface area contributed by atoms with Crippen LogP contribution in [0.3, 0.4) is 0 Å². The number of halogens is 1. The Hall–Kier alpha value is -0.560. The molecule has 0 saturated carbocycles. The minimum absolute atomic E-state index is 0. The zero-order valence-electron chi connectivity index (χ0n) is 10.8. The minimum atomic E-state index is -4.27. The topological polar surface area (TPSA) is 66.4 Å². The molecular formula is C13H12ClNNaO3S. The Labute approximate surface area is 145 Å². The molecule has 0 spiro atoms. The number of rotatable bonds is 4. The van der Waals surface area contributed by atoms with Crippen molar-refractivity contribution in [3.8, 4) is 0 Å². The average molecular weight is 321 g/mol. The van der Waals surface area contributed by atoms with Gasteiger partial charge in [0.15, 0.2) is 5.37 Å². The molecule has 101 valence electrons. The zero-order chi connectivity index (χ0) is 13.9. The first-order chi connectivity index (χ1) is 8.97. The van der Waals surface area contributed by atoms with E-state index in [1.165, 1.54) is 0 Å². The molecule has 1 radical (unpaired) electrons. The molecule has 1 atom stereocenters. The Morgan fingerprint density at radius 2 is 1.55 bits per heavy atom. The maximum atomic E-state index is 11.5. The van der Waals surface area contributed by atoms with E-state index in [1.807, 2.05) is 0 Å². The van der Waals surface area contributed by atoms with Gasteiger partial charge in [0.25, 0.3) is 10.1 Å². The van der Waals surface area contributed by atoms with Crippen LogP contribution in [-0.4, -0.2) is 42.5 Å². The van der Waals surface area contributed by atoms with E-state index in [-0.39, 0.29) is 29.6 Å². The molecule has 7 heteroatoms. The van der Waals surface area contributed by atoms with Crippen molar-refractivity contribution in [1.29, 1.82) is 0 Å². The summed E-state index contributed by atoms with van der Waals surface area (Å²) in [5, 5.41) is 2.10. The molecule has 0 aliphatic carbocycles. The second-order valence-electron chi connectivity index (χ2n) is 3.96. The van der Waals surface area contributed by atoms with E-state index >= 15 is 0 Å². The third-order valence-electron chi connectivity index (χ3n) is 2.54. The molecule has 0 aliphatic heterocycles. The molecule has 0 bridgehead atoms. The van der Waals surface area contributed by atoms with Crippen LogP contribution >= 0.6 is 11.6 Å². The van der Waals surface area contributed by atoms with Crippen molar-refractivity contribution in [2.75, 3.05) is 5.32 Å². The molecule has 0 aliphatic rings. The largest absolute Gasteiger partial charge is 0.363 e. The third-order valence-corrected chi connectivity index (χ3v) is 3.78. The fourth-order valence-electron chi connectivity index (χ4n) is 1.66. The maximum Gasteiger partial charge on any atom is 0.290 e. The van der Waals surface area contributed by atoms with E-state index in [1.54, 1.807) is 54.6 Å². The molecule has 2 rings (SSSR count). The van der Waals surface area contributed by atoms with Gasteiger partial charge in [-0.2, -0.15) is 8.42 Å². The SMILES string of the molecule is O=S(=O)(O)C(Nc1ccc(Cl)cc1)c1ccccc1.[Na]. The summed E-state index contributed by atoms with van der Waals surface area (Å²) in [6, 6.07) is 15.0. The van der Waals surface area contributed by atoms with E-state index < -0.39 is 15.5 Å². The first kappa shape index (κ1) is 17.5. The monoisotopic (exact) mass is 320 g/mol. The van der Waals surface area contributed by atoms with Crippen LogP contribution in [0.25, 0.3) is 0 Å². The third kappa shape index (κ3) is 4.77. The standard InChI is InChI=1S/C13H12ClNO3S.Na/c14-11-6-8-12(9-7-11)15-13(19(16,17)18)10-4-2-1-3-5-10;/h1-9,13,15H,(H,16,17,18);. The van der Waals surface area contributed by atoms with Crippen LogP contribution in [-0.2, 0) is 10.1 Å². The van der Waals surface area contributed by atoms with Gasteiger partial charge in [-0.1, -0.05) is 41.9 Å². The summed E-state index contributed by atoms with van der Waals surface area (Å²) >= 11 is 5.76. The molecule has 2 N–H and O–H groups in total. The molecule has 2 aromatic carbocycles. The molecule has 1 unspecified atom stereocenters. The molecule has 20 heavy (non-hydrogen) atoms. The molecule has 0 amide bonds. The van der Waals surface area contributed by atoms with Crippen LogP contribution in [0.1, 0.15) is 10.9 Å². The predicted molar refractivity (Wildman–Crippen MR) is 81.6 cm³/mol. The molecule has 0 aromatic heterocycles. The smallest absolute Gasteiger partial charge is 0.290 e. The number of nitrogens with one attached hydrogen (secondary N) is 1. The van der Waals surface area contributed by atoms with Crippen molar-refractivity contribution in [2.24, 2.45) is 0 Å². The van der Waals surface area contributed by atoms with Gasteiger partial charge in [-0.3, -0.25) is 4.55 Å². The van der Waals surface area contributed by atoms with E-state index in [4.69, 9.17) is 11.6 Å². The van der Waals surface area contributed by atoms with E-state index in [0.29, 0.717) is 16.3 Å². The first-order valence-corrected chi connectivity index (χ1v) is 7.38. The van der Waals surface area contributed by atoms with Crippen LogP contribution < -0.4 is 5.32 Å². The van der Waals surface area contributed by atoms with E-state index in [2.05, 4.69) is 5.32 Å². The maximum absolute atomic E-state index is 11.5. The summed E-state index contributed by atoms with van der Waals surface area (Å²) in [5.74, 6) is 0. The van der Waals surface area contributed by atoms with Gasteiger partial charge >= 0.3 is 0 Å². The quantitative estimate of drug-likeness (QED) is 0.671. The van der Waals surface area contributed by atoms with Crippen LogP contribution in [0, 0.1) is 0 Å². The summed E-state index contributed by atoms with van der Waals surface area (Å²) < 4.78 is 32.3. The molecule has 4 nitrogen and oxygen atoms in total. The zero-order valence-corrected chi connectivity index (χ0v) is 14.4. The molecule has 0 fully saturated rings. The van der Waals surface area contributed by atoms with Crippen molar-refractivity contribution in [3.05, 3.63) is 65.2 Å². The summed E-state index contributed by atoms with van der Waals surface area (Å²) in [5.41, 5.74) is 1.01. The normalized spacial score (nSPS) is 12.3. The molecule has 0 heterocycles. The number of hydrogen-bond donors (Lipinski definition) is 2. The van der Waals surface area contributed by atoms with Crippen LogP contribution in [0.15, 0.2) is 54.6 Å². The Balaban J connectivity index is 0.00000200. The summed E-state index contributed by atoms with van der Waals surface area (Å²) in [4.78, 5) is 0. The Morgan fingerprint density at radius 1 is 1.00 bits per heavy atom. The minimum Gasteiger partial charge on any atom is -0.363 e. The van der Waals surface area contributed by atoms with Gasteiger partial charge in [0, 0.05) is 40.3 Å². The summed E-state index contributed by atoms with van der Waals surface area (Å²) in [6.07, 6.45) is 0. The fourth-order valence-corrected chi connectivity index (χ4v) is 2.57. The second kappa shape index (κ2) is 7.45. The summed E-state index contributed by atoms with van der Waals surface area (Å²) in [7, 11) is -4.27. The van der Waals surface area contributed by atoms with E-state index in [0.717, 1.165) is 0 Å². The fraction of sp³-hybridized carbons (Fsp3) is 0.0769. The van der Waals surface area contributed by atoms with Gasteiger partial charge in [0.1, 0.15) is 0 Å². The molecular weight excluding hydrogens is 309 g/mol. The predicted octanol–water partition coefficient (Wildman–Crippen LogP) is 2.96. The van der Waals surface area contributed by atoms with Crippen molar-refractivity contribution in [2.45, 2.75) is 5.37 Å². The van der Waals surface area contributed by atoms with Crippen LogP contribution in [0.2, 0.25) is 5.02 Å². The van der Waals surface area contributed by atoms with Crippen molar-refractivity contribution in [3.63, 3.8) is 0 Å². The van der Waals surface area contributed by atoms with Gasteiger partial charge in [-0.15, -0.1) is 0 Å². The van der Waals surface area contributed by atoms with Crippen LogP contribution in [0.5, 0.6) is 0 Å². The van der Waals surface area contributed by atoms with Gasteiger partial charge < -0.3 is 5.32 Å². The van der Waals surface area contributed by atoms with Gasteiger partial charge in [0.05, 0.1) is 0 Å². The second-order valence-corrected chi connectivity index (χ2v) is 5.89. The van der Waals surface area contributed by atoms with Crippen molar-refractivity contribution >= 4 is 57.0 Å². The Bertz CT molecular complexity index is 647. The first-order valence-electron chi connectivity index (χ1n) is 5.50. The van der Waals surface area contributed by atoms with Crippen molar-refractivity contribution < 1.29 is 13.0 Å². The van der Waals surface area contributed by atoms with Crippen LogP contribution in [0.4, 0.5) is 5.69 Å². The average Bonchev–Trinajstić information content (AvgIpc) is 2.37. The number of benzene rings is 2. The van der Waals surface area contributed by atoms with E-state index in [9.17, 15) is 13.0 Å². The van der Waals surface area contributed by atoms with Gasteiger partial charge in [0.2, 0.25) is 0 Å². The summed E-state index contributed by atoms with van der Waals surface area (Å²) in [6.45, 7) is 0. The molecule has 2 aromatic rings. The molecule has 0 saturated heterocycles. The van der Waals surface area contributed by atoms with Gasteiger partial charge in [-0.05, 0) is 29.8 Å². The Kier molecular flexibility index (Phi) is 6.51. The number of anilines is 1. The van der Waals surface area contributed by atoms with Gasteiger partial charge in [-0.25, -0.2) is 0 Å². The Morgan fingerprint density at radius 3 is 2.05 bits per heavy atom. The number of hydrogen-bond acceptors (Lipinski definition) is 3.